The summed E-state index contributed by atoms with van der Waals surface area (Å²) in [6.07, 6.45) is 8.76. The van der Waals surface area contributed by atoms with Gasteiger partial charge in [-0.1, -0.05) is 19.1 Å². The Bertz CT molecular complexity index is 933. The number of likely N-dealkylation sites (tertiary alicyclic amines) is 1. The van der Waals surface area contributed by atoms with Gasteiger partial charge in [-0.05, 0) is 104 Å². The lowest BCUT2D eigenvalue weighted by atomic mass is 9.54. The van der Waals surface area contributed by atoms with Gasteiger partial charge in [0.25, 0.3) is 5.92 Å². The molecule has 2 saturated carbocycles. The van der Waals surface area contributed by atoms with Crippen molar-refractivity contribution in [2.24, 2.45) is 17.3 Å². The highest BCUT2D eigenvalue weighted by Gasteiger charge is 2.63. The topological polar surface area (TPSA) is 60.8 Å². The third-order valence-electron chi connectivity index (χ3n) is 9.80. The van der Waals surface area contributed by atoms with Crippen LogP contribution in [0.15, 0.2) is 12.1 Å². The predicted molar refractivity (Wildman–Crippen MR) is 129 cm³/mol. The van der Waals surface area contributed by atoms with E-state index in [9.17, 15) is 23.6 Å². The molecule has 1 heterocycles. The minimum atomic E-state index is -2.57. The highest BCUT2D eigenvalue weighted by molar-refractivity contribution is 6.59. The van der Waals surface area contributed by atoms with Crippen molar-refractivity contribution in [1.29, 1.82) is 0 Å². The van der Waals surface area contributed by atoms with Gasteiger partial charge < -0.3 is 14.9 Å². The van der Waals surface area contributed by atoms with E-state index in [0.29, 0.717) is 37.6 Å². The van der Waals surface area contributed by atoms with Gasteiger partial charge in [0.1, 0.15) is 0 Å². The molecule has 0 aromatic heterocycles. The summed E-state index contributed by atoms with van der Waals surface area (Å²) >= 11 is 0. The molecule has 0 spiro atoms. The summed E-state index contributed by atoms with van der Waals surface area (Å²) in [5, 5.41) is 20.1. The third kappa shape index (κ3) is 4.11. The number of fused-ring (bicyclic) bond motifs is 5. The molecule has 0 unspecified atom stereocenters. The molecular formula is C27H38BF2NO3. The number of amides is 1. The zero-order chi connectivity index (χ0) is 24.1. The van der Waals surface area contributed by atoms with E-state index in [1.54, 1.807) is 0 Å². The van der Waals surface area contributed by atoms with Crippen LogP contribution in [0, 0.1) is 17.3 Å². The maximum absolute atomic E-state index is 14.8. The normalized spacial score (nSPS) is 32.0. The molecule has 7 heteroatoms. The summed E-state index contributed by atoms with van der Waals surface area (Å²) in [6, 6.07) is 4.07. The van der Waals surface area contributed by atoms with Crippen molar-refractivity contribution in [2.75, 3.05) is 13.1 Å². The Morgan fingerprint density at radius 2 is 1.88 bits per heavy atom. The van der Waals surface area contributed by atoms with Gasteiger partial charge in [-0.25, -0.2) is 8.78 Å². The first-order chi connectivity index (χ1) is 16.2. The summed E-state index contributed by atoms with van der Waals surface area (Å²) in [6.45, 7) is 3.51. The van der Waals surface area contributed by atoms with Gasteiger partial charge in [-0.2, -0.15) is 0 Å². The molecule has 1 amide bonds. The van der Waals surface area contributed by atoms with Crippen LogP contribution < -0.4 is 5.46 Å². The minimum Gasteiger partial charge on any atom is -0.423 e. The number of nitrogens with zero attached hydrogens (tertiary/aromatic N) is 1. The number of carbonyl (C=O) groups is 1. The lowest BCUT2D eigenvalue weighted by Crippen LogP contribution is -2.47. The van der Waals surface area contributed by atoms with Crippen LogP contribution in [-0.2, 0) is 17.6 Å². The fraction of sp³-hybridized carbons (Fsp3) is 0.741. The highest BCUT2D eigenvalue weighted by atomic mass is 19.3. The molecule has 4 atom stereocenters. The van der Waals surface area contributed by atoms with Crippen molar-refractivity contribution in [2.45, 2.75) is 95.8 Å². The number of carbonyl (C=O) groups excluding carboxylic acids is 1. The lowest BCUT2D eigenvalue weighted by molar-refractivity contribution is -0.132. The van der Waals surface area contributed by atoms with Crippen molar-refractivity contribution < 1.29 is 23.6 Å². The summed E-state index contributed by atoms with van der Waals surface area (Å²) in [5.41, 5.74) is 2.92. The van der Waals surface area contributed by atoms with Gasteiger partial charge in [-0.3, -0.25) is 4.79 Å². The summed E-state index contributed by atoms with van der Waals surface area (Å²) < 4.78 is 29.6. The standard InChI is InChI=1S/C27H38BF2NO3/c1-26-12-10-20-21(23(26)11-13-27(26,29)30)9-8-18-17-24(28(33)34)19(16-22(18)20)6-5-7-25(32)31-14-3-2-4-15-31/h16-17,20-21,23,33-34H,2-15H2,1H3/t20-,21+,23-,26-/m0/s1. The van der Waals surface area contributed by atoms with Crippen LogP contribution >= 0.6 is 0 Å². The SMILES string of the molecule is C[C@]12CC[C@@H]3c4cc(CCCC(=O)N5CCCCC5)c(B(O)O)cc4CC[C@H]3[C@@H]1CCC2(F)F. The maximum Gasteiger partial charge on any atom is 0.488 e. The Morgan fingerprint density at radius 1 is 1.12 bits per heavy atom. The number of hydrogen-bond acceptors (Lipinski definition) is 3. The zero-order valence-electron chi connectivity index (χ0n) is 20.4. The average molecular weight is 473 g/mol. The second-order valence-corrected chi connectivity index (χ2v) is 11.5. The molecule has 4 nitrogen and oxygen atoms in total. The Morgan fingerprint density at radius 3 is 2.62 bits per heavy atom. The van der Waals surface area contributed by atoms with Crippen molar-refractivity contribution >= 4 is 18.5 Å². The summed E-state index contributed by atoms with van der Waals surface area (Å²) in [7, 11) is -1.54. The largest absolute Gasteiger partial charge is 0.488 e. The van der Waals surface area contributed by atoms with E-state index in [4.69, 9.17) is 0 Å². The van der Waals surface area contributed by atoms with Crippen LogP contribution in [0.5, 0.6) is 0 Å². The molecule has 1 saturated heterocycles. The Balaban J connectivity index is 1.34. The van der Waals surface area contributed by atoms with E-state index in [0.717, 1.165) is 56.3 Å². The number of piperidine rings is 1. The number of hydrogen-bond donors (Lipinski definition) is 2. The Hall–Kier alpha value is -1.47. The monoisotopic (exact) mass is 473 g/mol. The van der Waals surface area contributed by atoms with Crippen molar-refractivity contribution in [3.05, 3.63) is 28.8 Å². The van der Waals surface area contributed by atoms with E-state index in [-0.39, 0.29) is 30.1 Å². The van der Waals surface area contributed by atoms with E-state index >= 15 is 0 Å². The first-order valence-electron chi connectivity index (χ1n) is 13.4. The Kier molecular flexibility index (Phi) is 6.56. The first-order valence-corrected chi connectivity index (χ1v) is 13.4. The van der Waals surface area contributed by atoms with Crippen molar-refractivity contribution in [3.8, 4) is 0 Å². The van der Waals surface area contributed by atoms with Crippen LogP contribution in [0.25, 0.3) is 0 Å². The number of rotatable bonds is 5. The summed E-state index contributed by atoms with van der Waals surface area (Å²) in [4.78, 5) is 14.5. The number of benzene rings is 1. The Labute approximate surface area is 202 Å². The molecule has 0 radical (unpaired) electrons. The average Bonchev–Trinajstić information content (AvgIpc) is 3.07. The summed E-state index contributed by atoms with van der Waals surface area (Å²) in [5.74, 6) is -1.77. The van der Waals surface area contributed by atoms with E-state index in [1.807, 2.05) is 17.9 Å². The molecule has 0 bridgehead atoms. The number of alkyl halides is 2. The van der Waals surface area contributed by atoms with Crippen LogP contribution in [0.4, 0.5) is 8.78 Å². The molecule has 186 valence electrons. The first kappa shape index (κ1) is 24.2. The van der Waals surface area contributed by atoms with Crippen molar-refractivity contribution in [3.63, 3.8) is 0 Å². The zero-order valence-corrected chi connectivity index (χ0v) is 20.4. The predicted octanol–water partition coefficient (Wildman–Crippen LogP) is 4.19. The molecule has 1 aliphatic heterocycles. The molecule has 1 aromatic rings. The van der Waals surface area contributed by atoms with E-state index in [2.05, 4.69) is 6.07 Å². The molecular weight excluding hydrogens is 435 g/mol. The van der Waals surface area contributed by atoms with E-state index in [1.165, 1.54) is 12.0 Å². The fourth-order valence-electron chi connectivity index (χ4n) is 7.81. The van der Waals surface area contributed by atoms with Crippen LogP contribution in [-0.4, -0.2) is 47.0 Å². The van der Waals surface area contributed by atoms with Gasteiger partial charge in [0.05, 0.1) is 0 Å². The van der Waals surface area contributed by atoms with Crippen LogP contribution in [0.2, 0.25) is 0 Å². The number of aryl methyl sites for hydroxylation is 2. The molecule has 5 rings (SSSR count). The second-order valence-electron chi connectivity index (χ2n) is 11.5. The fourth-order valence-corrected chi connectivity index (χ4v) is 7.81. The highest BCUT2D eigenvalue weighted by Crippen LogP contribution is 2.65. The van der Waals surface area contributed by atoms with Gasteiger partial charge in [0.2, 0.25) is 5.91 Å². The maximum atomic E-state index is 14.8. The molecule has 34 heavy (non-hydrogen) atoms. The van der Waals surface area contributed by atoms with Crippen LogP contribution in [0.3, 0.4) is 0 Å². The lowest BCUT2D eigenvalue weighted by Gasteiger charge is -2.50. The third-order valence-corrected chi connectivity index (χ3v) is 9.80. The minimum absolute atomic E-state index is 0.0101. The molecule has 1 aromatic carbocycles. The molecule has 4 aliphatic rings. The smallest absolute Gasteiger partial charge is 0.423 e. The second kappa shape index (κ2) is 9.20. The molecule has 2 N–H and O–H groups in total. The van der Waals surface area contributed by atoms with Gasteiger partial charge in [0.15, 0.2) is 0 Å². The molecule has 3 aliphatic carbocycles. The van der Waals surface area contributed by atoms with Gasteiger partial charge >= 0.3 is 7.12 Å². The quantitative estimate of drug-likeness (QED) is 0.631. The van der Waals surface area contributed by atoms with Crippen LogP contribution in [0.1, 0.15) is 93.7 Å². The molecule has 3 fully saturated rings. The van der Waals surface area contributed by atoms with Gasteiger partial charge in [0, 0.05) is 31.3 Å². The van der Waals surface area contributed by atoms with Gasteiger partial charge in [-0.15, -0.1) is 0 Å². The number of halogens is 2. The van der Waals surface area contributed by atoms with E-state index < -0.39 is 18.5 Å². The van der Waals surface area contributed by atoms with Crippen molar-refractivity contribution in [1.82, 2.24) is 4.90 Å².